The van der Waals surface area contributed by atoms with E-state index in [1.165, 1.54) is 18.2 Å². The normalized spacial score (nSPS) is 23.3. The first-order chi connectivity index (χ1) is 31.4. The van der Waals surface area contributed by atoms with Gasteiger partial charge in [-0.15, -0.1) is 0 Å². The van der Waals surface area contributed by atoms with Crippen LogP contribution in [0.3, 0.4) is 0 Å². The number of phenols is 2. The molecule has 5 aliphatic rings. The molecule has 0 fully saturated rings. The van der Waals surface area contributed by atoms with E-state index >= 15 is 0 Å². The summed E-state index contributed by atoms with van der Waals surface area (Å²) in [4.78, 5) is 4.70. The summed E-state index contributed by atoms with van der Waals surface area (Å²) in [6, 6.07) is 15.8. The molecule has 4 aromatic rings. The molecule has 346 valence electrons. The molecule has 8 N–H and O–H groups in total. The highest BCUT2D eigenvalue weighted by Crippen LogP contribution is 2.61. The first-order valence-electron chi connectivity index (χ1n) is 23.2. The van der Waals surface area contributed by atoms with E-state index in [0.29, 0.717) is 82.4 Å². The number of aliphatic hydroxyl groups is 2. The lowest BCUT2D eigenvalue weighted by Crippen LogP contribution is -2.56. The van der Waals surface area contributed by atoms with Crippen LogP contribution in [0.2, 0.25) is 0 Å². The minimum atomic E-state index is -1.01. The Morgan fingerprint density at radius 2 is 1.77 bits per heavy atom. The fourth-order valence-electron chi connectivity index (χ4n) is 11.4. The maximum Gasteiger partial charge on any atom is 0.160 e. The van der Waals surface area contributed by atoms with Crippen molar-refractivity contribution in [3.8, 4) is 39.9 Å². The fourth-order valence-corrected chi connectivity index (χ4v) is 11.4. The van der Waals surface area contributed by atoms with Crippen LogP contribution >= 0.6 is 0 Å². The number of phenolic OH excluding ortho intramolecular Hbond substituents is 2. The van der Waals surface area contributed by atoms with E-state index in [0.717, 1.165) is 60.8 Å². The van der Waals surface area contributed by atoms with Gasteiger partial charge in [-0.05, 0) is 134 Å². The van der Waals surface area contributed by atoms with Crippen molar-refractivity contribution in [2.45, 2.75) is 88.1 Å². The number of methoxy groups -OCH3 is 1. The number of rotatable bonds is 17. The number of nitrogens with zero attached hydrogens (tertiary/aromatic N) is 1. The van der Waals surface area contributed by atoms with Crippen LogP contribution in [0.25, 0.3) is 23.3 Å². The summed E-state index contributed by atoms with van der Waals surface area (Å²) >= 11 is 0. The Kier molecular flexibility index (Phi) is 12.8. The minimum Gasteiger partial charge on any atom is -0.507 e. The molecule has 6 atom stereocenters. The molecule has 9 rings (SSSR count). The Hall–Kier alpha value is -4.99. The molecule has 4 aromatic carbocycles. The van der Waals surface area contributed by atoms with Gasteiger partial charge in [0.05, 0.1) is 38.0 Å². The summed E-state index contributed by atoms with van der Waals surface area (Å²) in [5.74, 6) is 2.33. The van der Waals surface area contributed by atoms with E-state index in [-0.39, 0.29) is 36.7 Å². The quantitative estimate of drug-likeness (QED) is 0.0553. The largest absolute Gasteiger partial charge is 0.507 e. The van der Waals surface area contributed by atoms with Crippen molar-refractivity contribution in [2.24, 2.45) is 10.9 Å². The van der Waals surface area contributed by atoms with Gasteiger partial charge in [0.2, 0.25) is 0 Å². The van der Waals surface area contributed by atoms with Gasteiger partial charge in [-0.1, -0.05) is 38.1 Å². The number of likely N-dealkylation sites (N-methyl/N-ethyl adjacent to an activating group) is 1. The average molecular weight is 888 g/mol. The highest BCUT2D eigenvalue weighted by Gasteiger charge is 2.51. The monoisotopic (exact) mass is 887 g/mol. The van der Waals surface area contributed by atoms with E-state index in [4.69, 9.17) is 23.9 Å². The summed E-state index contributed by atoms with van der Waals surface area (Å²) in [5.41, 5.74) is 8.29. The lowest BCUT2D eigenvalue weighted by molar-refractivity contribution is -0.129. The van der Waals surface area contributed by atoms with E-state index in [1.54, 1.807) is 12.1 Å². The molecule has 6 unspecified atom stereocenters. The smallest absolute Gasteiger partial charge is 0.160 e. The molecule has 2 aliphatic carbocycles. The molecule has 0 radical (unpaired) electrons. The SMILES string of the molecule is CNCOC1(CNCNCC(C)(O)CC(C)C)Cc2c3c(c4c(c2OC1c1ccc(O)c(OC)c1)CCC(CO)O4)-c1ccc(O)c2c1C(C3)C(c1ccc3c(c1)=CCN=3)C(CNC)=C2. The predicted octanol–water partition coefficient (Wildman–Crippen LogP) is 4.46. The second-order valence-electron chi connectivity index (χ2n) is 19.2. The van der Waals surface area contributed by atoms with Crippen LogP contribution in [0.5, 0.6) is 28.7 Å². The molecule has 13 nitrogen and oxygen atoms in total. The molecule has 0 aromatic heterocycles. The molecular weight excluding hydrogens is 823 g/mol. The summed E-state index contributed by atoms with van der Waals surface area (Å²) in [7, 11) is 5.36. The van der Waals surface area contributed by atoms with Crippen molar-refractivity contribution >= 4 is 12.2 Å². The van der Waals surface area contributed by atoms with Crippen molar-refractivity contribution in [2.75, 3.05) is 67.4 Å². The highest BCUT2D eigenvalue weighted by molar-refractivity contribution is 5.89. The first-order valence-corrected chi connectivity index (χ1v) is 23.2. The maximum atomic E-state index is 11.7. The number of aliphatic hydroxyl groups excluding tert-OH is 1. The van der Waals surface area contributed by atoms with Gasteiger partial charge in [-0.3, -0.25) is 10.3 Å². The van der Waals surface area contributed by atoms with Crippen molar-refractivity contribution < 1.29 is 39.4 Å². The third-order valence-corrected chi connectivity index (χ3v) is 14.0. The molecule has 3 heterocycles. The zero-order valence-electron chi connectivity index (χ0n) is 38.5. The van der Waals surface area contributed by atoms with Crippen LogP contribution in [0.1, 0.15) is 90.5 Å². The van der Waals surface area contributed by atoms with Crippen LogP contribution in [0, 0.1) is 5.92 Å². The van der Waals surface area contributed by atoms with Crippen molar-refractivity contribution in [3.63, 3.8) is 0 Å². The third-order valence-electron chi connectivity index (χ3n) is 14.0. The first kappa shape index (κ1) is 45.2. The lowest BCUT2D eigenvalue weighted by Gasteiger charge is -2.48. The number of aromatic hydroxyl groups is 2. The van der Waals surface area contributed by atoms with E-state index in [2.05, 4.69) is 65.5 Å². The van der Waals surface area contributed by atoms with Crippen LogP contribution in [0.15, 0.2) is 59.1 Å². The Bertz CT molecular complexity index is 2610. The predicted molar refractivity (Wildman–Crippen MR) is 251 cm³/mol. The van der Waals surface area contributed by atoms with Crippen molar-refractivity contribution in [1.82, 2.24) is 21.3 Å². The zero-order valence-corrected chi connectivity index (χ0v) is 38.5. The Morgan fingerprint density at radius 3 is 2.54 bits per heavy atom. The van der Waals surface area contributed by atoms with E-state index in [1.807, 2.05) is 39.2 Å². The number of nitrogens with one attached hydrogen (secondary N) is 4. The average Bonchev–Trinajstić information content (AvgIpc) is 3.77. The maximum absolute atomic E-state index is 11.7. The summed E-state index contributed by atoms with van der Waals surface area (Å²) in [6.45, 7) is 8.69. The third kappa shape index (κ3) is 8.41. The summed E-state index contributed by atoms with van der Waals surface area (Å²) in [5, 5.41) is 60.0. The van der Waals surface area contributed by atoms with Gasteiger partial charge in [-0.2, -0.15) is 0 Å². The molecule has 0 amide bonds. The number of ether oxygens (including phenoxy) is 4. The van der Waals surface area contributed by atoms with Crippen LogP contribution in [0.4, 0.5) is 0 Å². The van der Waals surface area contributed by atoms with Crippen LogP contribution in [-0.2, 0) is 24.0 Å². The van der Waals surface area contributed by atoms with Crippen molar-refractivity contribution in [3.05, 3.63) is 104 Å². The Labute approximate surface area is 381 Å². The van der Waals surface area contributed by atoms with Gasteiger partial charge < -0.3 is 55.3 Å². The van der Waals surface area contributed by atoms with Crippen molar-refractivity contribution in [1.29, 1.82) is 0 Å². The van der Waals surface area contributed by atoms with Crippen LogP contribution < -0.4 is 46.1 Å². The molecule has 65 heavy (non-hydrogen) atoms. The Balaban J connectivity index is 1.23. The molecule has 0 spiro atoms. The van der Waals surface area contributed by atoms with Gasteiger partial charge in [0.15, 0.2) is 17.6 Å². The van der Waals surface area contributed by atoms with Gasteiger partial charge in [0, 0.05) is 60.9 Å². The summed E-state index contributed by atoms with van der Waals surface area (Å²) in [6.07, 6.45) is 6.29. The van der Waals surface area contributed by atoms with E-state index < -0.39 is 23.4 Å². The van der Waals surface area contributed by atoms with Crippen LogP contribution in [-0.4, -0.2) is 105 Å². The number of hydrogen-bond acceptors (Lipinski definition) is 13. The van der Waals surface area contributed by atoms with Gasteiger partial charge in [-0.25, -0.2) is 0 Å². The molecule has 0 bridgehead atoms. The highest BCUT2D eigenvalue weighted by atomic mass is 16.6. The topological polar surface area (TPSA) is 178 Å². The second-order valence-corrected chi connectivity index (χ2v) is 19.2. The minimum absolute atomic E-state index is 0.0200. The number of hydrogen-bond donors (Lipinski definition) is 8. The standard InChI is InChI=1S/C52H65N5O8/c1-29(2)21-51(3,61)25-55-27-56-26-52(63-28-54-5)22-40-37-20-39-45(31-7-12-41-30(17-31)15-16-57-41)33(23-53-4)18-38-42(59)14-11-35(46(38)39)47(37)49-36(10-9-34(24-58)64-49)48(40)65-50(52)32-8-13-43(60)44(19-32)62-6/h7-8,11-15,17-19,29,34,39,45,50,53-56,58-61H,9-10,16,20-28H2,1-6H3. The molecular formula is C52H65N5O8. The second kappa shape index (κ2) is 18.4. The van der Waals surface area contributed by atoms with Gasteiger partial charge >= 0.3 is 0 Å². The molecule has 3 aliphatic heterocycles. The Morgan fingerprint density at radius 1 is 0.954 bits per heavy atom. The summed E-state index contributed by atoms with van der Waals surface area (Å²) < 4.78 is 27.1. The number of benzene rings is 4. The molecule has 0 saturated carbocycles. The zero-order chi connectivity index (χ0) is 45.6. The fraction of sp³-hybridized carbons (Fsp3) is 0.481. The number of fused-ring (bicyclic) bond motifs is 8. The van der Waals surface area contributed by atoms with E-state index in [9.17, 15) is 20.4 Å². The van der Waals surface area contributed by atoms with Gasteiger partial charge in [0.25, 0.3) is 0 Å². The lowest BCUT2D eigenvalue weighted by atomic mass is 9.62. The molecule has 13 heteroatoms. The molecule has 0 saturated heterocycles. The van der Waals surface area contributed by atoms with Gasteiger partial charge in [0.1, 0.15) is 29.0 Å².